The van der Waals surface area contributed by atoms with Gasteiger partial charge in [0.1, 0.15) is 0 Å². The van der Waals surface area contributed by atoms with Gasteiger partial charge in [0.05, 0.1) is 0 Å². The van der Waals surface area contributed by atoms with E-state index in [2.05, 4.69) is 43.2 Å². The lowest BCUT2D eigenvalue weighted by atomic mass is 9.93. The Morgan fingerprint density at radius 2 is 1.84 bits per heavy atom. The summed E-state index contributed by atoms with van der Waals surface area (Å²) in [4.78, 5) is 4.50. The molecule has 0 aliphatic heterocycles. The van der Waals surface area contributed by atoms with E-state index in [1.165, 1.54) is 44.1 Å². The molecule has 0 aromatic carbocycles. The highest BCUT2D eigenvalue weighted by molar-refractivity contribution is 5.23. The zero-order valence-electron chi connectivity index (χ0n) is 12.7. The van der Waals surface area contributed by atoms with Crippen molar-refractivity contribution in [1.82, 2.24) is 10.3 Å². The molecule has 0 saturated heterocycles. The highest BCUT2D eigenvalue weighted by Crippen LogP contribution is 2.33. The first-order valence-corrected chi connectivity index (χ1v) is 7.87. The SMILES string of the molecule is CCCNC(CC1CCCC1)c1cc(C)nc(C)c1. The second kappa shape index (κ2) is 7.04. The Hall–Kier alpha value is -0.890. The molecule has 1 aromatic heterocycles. The predicted octanol–water partition coefficient (Wildman–Crippen LogP) is 4.32. The summed E-state index contributed by atoms with van der Waals surface area (Å²) < 4.78 is 0. The molecular weight excluding hydrogens is 232 g/mol. The second-order valence-corrected chi connectivity index (χ2v) is 6.08. The third-order valence-corrected chi connectivity index (χ3v) is 4.19. The van der Waals surface area contributed by atoms with Crippen molar-refractivity contribution in [3.63, 3.8) is 0 Å². The van der Waals surface area contributed by atoms with Gasteiger partial charge in [-0.05, 0) is 56.8 Å². The number of aromatic nitrogens is 1. The van der Waals surface area contributed by atoms with Gasteiger partial charge in [-0.15, -0.1) is 0 Å². The number of nitrogens with zero attached hydrogens (tertiary/aromatic N) is 1. The van der Waals surface area contributed by atoms with Crippen LogP contribution in [0.4, 0.5) is 0 Å². The summed E-state index contributed by atoms with van der Waals surface area (Å²) in [5, 5.41) is 3.74. The number of nitrogens with one attached hydrogen (secondary N) is 1. The zero-order chi connectivity index (χ0) is 13.7. The zero-order valence-corrected chi connectivity index (χ0v) is 12.7. The lowest BCUT2D eigenvalue weighted by Gasteiger charge is -2.23. The Labute approximate surface area is 118 Å². The molecular formula is C17H28N2. The fourth-order valence-corrected chi connectivity index (χ4v) is 3.30. The third kappa shape index (κ3) is 4.31. The van der Waals surface area contributed by atoms with Crippen LogP contribution < -0.4 is 5.32 Å². The van der Waals surface area contributed by atoms with E-state index in [0.29, 0.717) is 6.04 Å². The maximum atomic E-state index is 4.50. The van der Waals surface area contributed by atoms with Crippen molar-refractivity contribution in [2.75, 3.05) is 6.54 Å². The van der Waals surface area contributed by atoms with E-state index in [9.17, 15) is 0 Å². The average molecular weight is 260 g/mol. The molecule has 0 radical (unpaired) electrons. The highest BCUT2D eigenvalue weighted by atomic mass is 14.9. The van der Waals surface area contributed by atoms with Crippen LogP contribution in [-0.2, 0) is 0 Å². The lowest BCUT2D eigenvalue weighted by Crippen LogP contribution is -2.24. The van der Waals surface area contributed by atoms with E-state index < -0.39 is 0 Å². The number of rotatable bonds is 6. The number of aryl methyl sites for hydroxylation is 2. The summed E-state index contributed by atoms with van der Waals surface area (Å²) in [6, 6.07) is 5.04. The van der Waals surface area contributed by atoms with Gasteiger partial charge in [0, 0.05) is 17.4 Å². The highest BCUT2D eigenvalue weighted by Gasteiger charge is 2.21. The average Bonchev–Trinajstić information content (AvgIpc) is 2.86. The van der Waals surface area contributed by atoms with Crippen LogP contribution in [0, 0.1) is 19.8 Å². The van der Waals surface area contributed by atoms with Crippen LogP contribution in [0.1, 0.15) is 68.4 Å². The minimum atomic E-state index is 0.517. The Morgan fingerprint density at radius 3 is 2.42 bits per heavy atom. The molecule has 1 aromatic rings. The van der Waals surface area contributed by atoms with Crippen LogP contribution in [0.15, 0.2) is 12.1 Å². The predicted molar refractivity (Wildman–Crippen MR) is 81.3 cm³/mol. The van der Waals surface area contributed by atoms with E-state index in [-0.39, 0.29) is 0 Å². The molecule has 2 rings (SSSR count). The van der Waals surface area contributed by atoms with Crippen molar-refractivity contribution in [2.24, 2.45) is 5.92 Å². The van der Waals surface area contributed by atoms with Crippen molar-refractivity contribution >= 4 is 0 Å². The first-order valence-electron chi connectivity index (χ1n) is 7.87. The smallest absolute Gasteiger partial charge is 0.0379 e. The molecule has 0 spiro atoms. The first-order chi connectivity index (χ1) is 9.19. The Bertz CT molecular complexity index is 374. The van der Waals surface area contributed by atoms with Crippen LogP contribution in [0.2, 0.25) is 0 Å². The molecule has 0 amide bonds. The molecule has 1 saturated carbocycles. The minimum absolute atomic E-state index is 0.517. The fraction of sp³-hybridized carbons (Fsp3) is 0.706. The van der Waals surface area contributed by atoms with Crippen molar-refractivity contribution in [3.8, 4) is 0 Å². The largest absolute Gasteiger partial charge is 0.310 e. The van der Waals surface area contributed by atoms with Gasteiger partial charge in [-0.3, -0.25) is 4.98 Å². The maximum Gasteiger partial charge on any atom is 0.0379 e. The van der Waals surface area contributed by atoms with Gasteiger partial charge in [0.2, 0.25) is 0 Å². The molecule has 1 atom stereocenters. The summed E-state index contributed by atoms with van der Waals surface area (Å²) in [5.41, 5.74) is 3.72. The van der Waals surface area contributed by atoms with Crippen molar-refractivity contribution in [3.05, 3.63) is 29.1 Å². The fourth-order valence-electron chi connectivity index (χ4n) is 3.30. The molecule has 2 heteroatoms. The molecule has 1 N–H and O–H groups in total. The summed E-state index contributed by atoms with van der Waals surface area (Å²) >= 11 is 0. The standard InChI is InChI=1S/C17H28N2/c1-4-9-18-17(12-15-7-5-6-8-15)16-10-13(2)19-14(3)11-16/h10-11,15,17-18H,4-9,12H2,1-3H3. The number of pyridine rings is 1. The maximum absolute atomic E-state index is 4.50. The van der Waals surface area contributed by atoms with E-state index >= 15 is 0 Å². The topological polar surface area (TPSA) is 24.9 Å². The summed E-state index contributed by atoms with van der Waals surface area (Å²) in [6.45, 7) is 7.55. The molecule has 2 nitrogen and oxygen atoms in total. The molecule has 1 fully saturated rings. The van der Waals surface area contributed by atoms with E-state index in [4.69, 9.17) is 0 Å². The monoisotopic (exact) mass is 260 g/mol. The van der Waals surface area contributed by atoms with Gasteiger partial charge < -0.3 is 5.32 Å². The normalized spacial score (nSPS) is 17.8. The first kappa shape index (κ1) is 14.5. The van der Waals surface area contributed by atoms with E-state index in [0.717, 1.165) is 23.9 Å². The van der Waals surface area contributed by atoms with Crippen LogP contribution >= 0.6 is 0 Å². The molecule has 1 aliphatic carbocycles. The quantitative estimate of drug-likeness (QED) is 0.824. The molecule has 1 heterocycles. The number of hydrogen-bond donors (Lipinski definition) is 1. The second-order valence-electron chi connectivity index (χ2n) is 6.08. The minimum Gasteiger partial charge on any atom is -0.310 e. The Balaban J connectivity index is 2.10. The lowest BCUT2D eigenvalue weighted by molar-refractivity contribution is 0.394. The van der Waals surface area contributed by atoms with E-state index in [1.807, 2.05) is 0 Å². The van der Waals surface area contributed by atoms with Gasteiger partial charge in [-0.25, -0.2) is 0 Å². The summed E-state index contributed by atoms with van der Waals surface area (Å²) in [7, 11) is 0. The molecule has 106 valence electrons. The molecule has 0 bridgehead atoms. The molecule has 1 aliphatic rings. The molecule has 1 unspecified atom stereocenters. The van der Waals surface area contributed by atoms with Crippen LogP contribution in [-0.4, -0.2) is 11.5 Å². The Kier molecular flexibility index (Phi) is 5.38. The van der Waals surface area contributed by atoms with Gasteiger partial charge >= 0.3 is 0 Å². The number of hydrogen-bond acceptors (Lipinski definition) is 2. The Morgan fingerprint density at radius 1 is 1.21 bits per heavy atom. The van der Waals surface area contributed by atoms with Crippen LogP contribution in [0.5, 0.6) is 0 Å². The van der Waals surface area contributed by atoms with Crippen molar-refractivity contribution < 1.29 is 0 Å². The van der Waals surface area contributed by atoms with Crippen LogP contribution in [0.25, 0.3) is 0 Å². The van der Waals surface area contributed by atoms with Crippen molar-refractivity contribution in [1.29, 1.82) is 0 Å². The summed E-state index contributed by atoms with van der Waals surface area (Å²) in [6.07, 6.45) is 8.20. The summed E-state index contributed by atoms with van der Waals surface area (Å²) in [5.74, 6) is 0.920. The molecule has 19 heavy (non-hydrogen) atoms. The van der Waals surface area contributed by atoms with Gasteiger partial charge in [0.25, 0.3) is 0 Å². The van der Waals surface area contributed by atoms with Gasteiger partial charge in [-0.2, -0.15) is 0 Å². The van der Waals surface area contributed by atoms with Crippen molar-refractivity contribution in [2.45, 2.75) is 65.3 Å². The van der Waals surface area contributed by atoms with Gasteiger partial charge in [-0.1, -0.05) is 32.6 Å². The van der Waals surface area contributed by atoms with E-state index in [1.54, 1.807) is 0 Å². The van der Waals surface area contributed by atoms with Crippen LogP contribution in [0.3, 0.4) is 0 Å². The van der Waals surface area contributed by atoms with Gasteiger partial charge in [0.15, 0.2) is 0 Å². The third-order valence-electron chi connectivity index (χ3n) is 4.19.